The molecule has 0 bridgehead atoms. The third-order valence-corrected chi connectivity index (χ3v) is 2.62. The Morgan fingerprint density at radius 2 is 2.00 bits per heavy atom. The summed E-state index contributed by atoms with van der Waals surface area (Å²) in [7, 11) is 0.834. The predicted molar refractivity (Wildman–Crippen MR) is 65.4 cm³/mol. The van der Waals surface area contributed by atoms with Crippen molar-refractivity contribution in [1.82, 2.24) is 4.90 Å². The minimum absolute atomic E-state index is 0.100. The molecule has 7 heteroatoms. The van der Waals surface area contributed by atoms with E-state index in [1.807, 2.05) is 0 Å². The van der Waals surface area contributed by atoms with Crippen molar-refractivity contribution in [2.75, 3.05) is 6.54 Å². The Morgan fingerprint density at radius 3 is 2.44 bits per heavy atom. The van der Waals surface area contributed by atoms with Gasteiger partial charge >= 0.3 is 107 Å². The van der Waals surface area contributed by atoms with Gasteiger partial charge in [0, 0.05) is 0 Å². The van der Waals surface area contributed by atoms with Crippen molar-refractivity contribution in [3.05, 3.63) is 0 Å². The van der Waals surface area contributed by atoms with Gasteiger partial charge in [-0.15, -0.1) is 0 Å². The standard InChI is InChI=1S/C11H19BN2O4/c1-7(15)9-5-8(18-12-13)6-14(9)10(16)17-11(2,3)4/h8-9,13H,5-6H2,1-4H3/t8-,9-/m0/s1. The van der Waals surface area contributed by atoms with Crippen molar-refractivity contribution in [2.24, 2.45) is 0 Å². The Morgan fingerprint density at radius 1 is 1.39 bits per heavy atom. The third-order valence-electron chi connectivity index (χ3n) is 2.62. The fourth-order valence-corrected chi connectivity index (χ4v) is 1.90. The maximum absolute atomic E-state index is 12.0. The summed E-state index contributed by atoms with van der Waals surface area (Å²) in [5.74, 6) is -0.100. The van der Waals surface area contributed by atoms with Crippen LogP contribution in [-0.4, -0.2) is 48.3 Å². The summed E-state index contributed by atoms with van der Waals surface area (Å²) in [6.07, 6.45) is -0.424. The van der Waals surface area contributed by atoms with Crippen molar-refractivity contribution in [1.29, 1.82) is 5.31 Å². The van der Waals surface area contributed by atoms with Gasteiger partial charge in [-0.2, -0.15) is 0 Å². The van der Waals surface area contributed by atoms with Crippen LogP contribution in [0.4, 0.5) is 4.79 Å². The molecule has 6 nitrogen and oxygen atoms in total. The summed E-state index contributed by atoms with van der Waals surface area (Å²) in [6, 6.07) is -0.523. The molecule has 1 aliphatic rings. The van der Waals surface area contributed by atoms with Gasteiger partial charge in [0.1, 0.15) is 0 Å². The molecule has 0 aromatic carbocycles. The molecular weight excluding hydrogens is 235 g/mol. The van der Waals surface area contributed by atoms with E-state index >= 15 is 0 Å². The maximum atomic E-state index is 12.0. The molecule has 1 fully saturated rings. The minimum atomic E-state index is -0.598. The monoisotopic (exact) mass is 254 g/mol. The quantitative estimate of drug-likeness (QED) is 0.771. The average Bonchev–Trinajstić information content (AvgIpc) is 2.59. The molecule has 0 saturated carbocycles. The first kappa shape index (κ1) is 14.7. The normalized spacial score (nSPS) is 23.4. The first-order chi connectivity index (χ1) is 8.24. The fourth-order valence-electron chi connectivity index (χ4n) is 1.90. The molecule has 100 valence electrons. The molecular formula is C11H19BN2O4. The molecule has 1 rings (SSSR count). The summed E-state index contributed by atoms with van der Waals surface area (Å²) < 4.78 is 10.3. The number of nitrogens with zero attached hydrogens (tertiary/aromatic N) is 1. The molecule has 2 atom stereocenters. The zero-order valence-corrected chi connectivity index (χ0v) is 11.2. The van der Waals surface area contributed by atoms with Gasteiger partial charge in [-0.3, -0.25) is 0 Å². The van der Waals surface area contributed by atoms with Crippen molar-refractivity contribution in [2.45, 2.75) is 51.9 Å². The molecule has 1 amide bonds. The van der Waals surface area contributed by atoms with Crippen LogP contribution < -0.4 is 0 Å². The van der Waals surface area contributed by atoms with Crippen molar-refractivity contribution < 1.29 is 19.0 Å². The summed E-state index contributed by atoms with van der Waals surface area (Å²) in [5.41, 5.74) is -0.598. The van der Waals surface area contributed by atoms with E-state index in [1.54, 1.807) is 20.8 Å². The van der Waals surface area contributed by atoms with Gasteiger partial charge < -0.3 is 0 Å². The zero-order valence-electron chi connectivity index (χ0n) is 11.2. The number of hydrogen-bond acceptors (Lipinski definition) is 5. The van der Waals surface area contributed by atoms with Gasteiger partial charge in [0.05, 0.1) is 0 Å². The van der Waals surface area contributed by atoms with E-state index < -0.39 is 17.7 Å². The Hall–Kier alpha value is -1.40. The van der Waals surface area contributed by atoms with E-state index in [9.17, 15) is 9.59 Å². The van der Waals surface area contributed by atoms with Crippen molar-refractivity contribution >= 4 is 19.2 Å². The van der Waals surface area contributed by atoms with Crippen LogP contribution in [0.15, 0.2) is 0 Å². The molecule has 1 heterocycles. The van der Waals surface area contributed by atoms with E-state index in [0.29, 0.717) is 6.42 Å². The first-order valence-corrected chi connectivity index (χ1v) is 5.89. The topological polar surface area (TPSA) is 79.7 Å². The van der Waals surface area contributed by atoms with E-state index in [-0.39, 0.29) is 18.4 Å². The van der Waals surface area contributed by atoms with Gasteiger partial charge in [0.25, 0.3) is 0 Å². The first-order valence-electron chi connectivity index (χ1n) is 5.89. The average molecular weight is 254 g/mol. The Balaban J connectivity index is 2.75. The van der Waals surface area contributed by atoms with E-state index in [0.717, 1.165) is 7.27 Å². The van der Waals surface area contributed by atoms with Gasteiger partial charge in [0.2, 0.25) is 0 Å². The van der Waals surface area contributed by atoms with Crippen LogP contribution in [0.3, 0.4) is 0 Å². The van der Waals surface area contributed by atoms with Crippen LogP contribution in [0.1, 0.15) is 34.1 Å². The number of nitrogens with one attached hydrogen (secondary N) is 1. The van der Waals surface area contributed by atoms with Crippen molar-refractivity contribution in [3.8, 4) is 0 Å². The van der Waals surface area contributed by atoms with Gasteiger partial charge in [-0.25, -0.2) is 0 Å². The van der Waals surface area contributed by atoms with Crippen LogP contribution in [0.5, 0.6) is 0 Å². The van der Waals surface area contributed by atoms with Crippen molar-refractivity contribution in [3.63, 3.8) is 0 Å². The van der Waals surface area contributed by atoms with Gasteiger partial charge in [0.15, 0.2) is 0 Å². The fraction of sp³-hybridized carbons (Fsp3) is 0.818. The number of ether oxygens (including phenoxy) is 1. The number of likely N-dealkylation sites (tertiary alicyclic amines) is 1. The second-order valence-electron chi connectivity index (χ2n) is 5.37. The SMILES string of the molecule is CC(=O)[C@@H]1C[C@H](OB=N)CN1C(=O)OC(C)(C)C. The molecule has 1 aliphatic heterocycles. The molecule has 1 N–H and O–H groups in total. The molecule has 0 unspecified atom stereocenters. The van der Waals surface area contributed by atoms with Crippen LogP contribution in [-0.2, 0) is 14.2 Å². The molecule has 0 spiro atoms. The van der Waals surface area contributed by atoms with Crippen LogP contribution in [0, 0.1) is 5.31 Å². The Bertz CT molecular complexity index is 353. The summed E-state index contributed by atoms with van der Waals surface area (Å²) >= 11 is 0. The molecule has 1 saturated heterocycles. The molecule has 0 aromatic heterocycles. The predicted octanol–water partition coefficient (Wildman–Crippen LogP) is 1.35. The number of rotatable bonds is 3. The zero-order chi connectivity index (χ0) is 13.9. The number of ketones is 1. The number of Topliss-reactive ketones (excluding diaryl/α,β-unsaturated/α-hetero) is 1. The number of carbonyl (C=O) groups is 2. The Kier molecular flexibility index (Phi) is 4.48. The number of amides is 1. The second kappa shape index (κ2) is 5.50. The van der Waals surface area contributed by atoms with Crippen LogP contribution in [0.2, 0.25) is 0 Å². The van der Waals surface area contributed by atoms with E-state index in [1.165, 1.54) is 11.8 Å². The summed E-state index contributed by atoms with van der Waals surface area (Å²) in [5, 5.41) is 6.89. The molecule has 0 aliphatic carbocycles. The Labute approximate surface area is 107 Å². The summed E-state index contributed by atoms with van der Waals surface area (Å²) in [6.45, 7) is 7.03. The number of carbonyl (C=O) groups excluding carboxylic acids is 2. The van der Waals surface area contributed by atoms with Gasteiger partial charge in [-0.1, -0.05) is 0 Å². The number of hydrogen-bond donors (Lipinski definition) is 1. The molecule has 0 radical (unpaired) electrons. The third kappa shape index (κ3) is 3.82. The molecule has 0 aromatic rings. The van der Waals surface area contributed by atoms with Crippen LogP contribution >= 0.6 is 0 Å². The second-order valence-corrected chi connectivity index (χ2v) is 5.37. The van der Waals surface area contributed by atoms with E-state index in [2.05, 4.69) is 0 Å². The van der Waals surface area contributed by atoms with Gasteiger partial charge in [-0.05, 0) is 0 Å². The van der Waals surface area contributed by atoms with Crippen LogP contribution in [0.25, 0.3) is 0 Å². The van der Waals surface area contributed by atoms with E-state index in [4.69, 9.17) is 14.7 Å². The molecule has 18 heavy (non-hydrogen) atoms. The summed E-state index contributed by atoms with van der Waals surface area (Å²) in [4.78, 5) is 24.9.